The van der Waals surface area contributed by atoms with Crippen LogP contribution in [0.3, 0.4) is 0 Å². The van der Waals surface area contributed by atoms with E-state index in [-0.39, 0.29) is 35.7 Å². The van der Waals surface area contributed by atoms with Gasteiger partial charge in [-0.25, -0.2) is 5.01 Å². The molecule has 1 fully saturated rings. The van der Waals surface area contributed by atoms with Crippen LogP contribution >= 0.6 is 0 Å². The zero-order chi connectivity index (χ0) is 18.0. The largest absolute Gasteiger partial charge is 0.299 e. The van der Waals surface area contributed by atoms with E-state index in [4.69, 9.17) is 0 Å². The van der Waals surface area contributed by atoms with Crippen LogP contribution in [0.1, 0.15) is 38.7 Å². The molecule has 0 spiro atoms. The molecule has 1 aliphatic carbocycles. The monoisotopic (exact) mass is 330 g/mol. The van der Waals surface area contributed by atoms with E-state index < -0.39 is 5.41 Å². The summed E-state index contributed by atoms with van der Waals surface area (Å²) in [7, 11) is 3.41. The van der Waals surface area contributed by atoms with Gasteiger partial charge in [-0.05, 0) is 17.4 Å². The Kier molecular flexibility index (Phi) is 5.23. The molecule has 0 radical (unpaired) electrons. The van der Waals surface area contributed by atoms with Crippen molar-refractivity contribution in [2.45, 2.75) is 39.5 Å². The average Bonchev–Trinajstić information content (AvgIpc) is 2.44. The van der Waals surface area contributed by atoms with Crippen molar-refractivity contribution >= 4 is 17.5 Å². The predicted molar refractivity (Wildman–Crippen MR) is 92.1 cm³/mol. The lowest BCUT2D eigenvalue weighted by molar-refractivity contribution is -0.152. The summed E-state index contributed by atoms with van der Waals surface area (Å²) >= 11 is 0. The minimum absolute atomic E-state index is 0.103. The van der Waals surface area contributed by atoms with Crippen molar-refractivity contribution in [1.29, 1.82) is 0 Å². The maximum atomic E-state index is 13.0. The molecule has 5 nitrogen and oxygen atoms in total. The van der Waals surface area contributed by atoms with E-state index in [1.165, 1.54) is 5.01 Å². The molecular weight excluding hydrogens is 304 g/mol. The van der Waals surface area contributed by atoms with Crippen molar-refractivity contribution < 1.29 is 14.4 Å². The van der Waals surface area contributed by atoms with Gasteiger partial charge in [0.2, 0.25) is 5.91 Å². The van der Waals surface area contributed by atoms with Gasteiger partial charge in [0.15, 0.2) is 0 Å². The van der Waals surface area contributed by atoms with E-state index in [1.54, 1.807) is 14.1 Å². The van der Waals surface area contributed by atoms with Gasteiger partial charge < -0.3 is 0 Å². The smallest absolute Gasteiger partial charge is 0.235 e. The summed E-state index contributed by atoms with van der Waals surface area (Å²) < 4.78 is 0. The third kappa shape index (κ3) is 4.09. The number of nitrogens with one attached hydrogen (secondary N) is 1. The van der Waals surface area contributed by atoms with Gasteiger partial charge in [0.1, 0.15) is 17.0 Å². The molecule has 2 rings (SSSR count). The normalized spacial score (nSPS) is 19.4. The Morgan fingerprint density at radius 2 is 1.62 bits per heavy atom. The highest BCUT2D eigenvalue weighted by Gasteiger charge is 2.52. The highest BCUT2D eigenvalue weighted by atomic mass is 16.2. The van der Waals surface area contributed by atoms with Gasteiger partial charge in [-0.2, -0.15) is 0 Å². The Labute approximate surface area is 143 Å². The quantitative estimate of drug-likeness (QED) is 0.664. The first-order valence-electron chi connectivity index (χ1n) is 8.22. The molecule has 1 aliphatic rings. The summed E-state index contributed by atoms with van der Waals surface area (Å²) in [6, 6.07) is 9.44. The van der Waals surface area contributed by atoms with Crippen LogP contribution in [-0.4, -0.2) is 36.6 Å². The molecule has 1 amide bonds. The standard InChI is InChI=1S/C19H26N2O3/c1-18(2)11-15(22)19(16(23)12-18,13-17(24)20-21(3)4)10-14-8-6-5-7-9-14/h5-9H,10-13H2,1-4H3,(H,20,24). The van der Waals surface area contributed by atoms with Crippen LogP contribution < -0.4 is 5.43 Å². The van der Waals surface area contributed by atoms with Crippen LogP contribution in [0, 0.1) is 10.8 Å². The number of amides is 1. The molecule has 0 heterocycles. The van der Waals surface area contributed by atoms with Gasteiger partial charge in [0.25, 0.3) is 0 Å². The maximum absolute atomic E-state index is 13.0. The molecule has 1 saturated carbocycles. The van der Waals surface area contributed by atoms with Crippen molar-refractivity contribution in [3.05, 3.63) is 35.9 Å². The molecule has 0 aromatic heterocycles. The number of Topliss-reactive ketones (excluding diaryl/α,β-unsaturated/α-hetero) is 2. The van der Waals surface area contributed by atoms with Gasteiger partial charge in [-0.15, -0.1) is 0 Å². The van der Waals surface area contributed by atoms with E-state index in [9.17, 15) is 14.4 Å². The molecule has 1 N–H and O–H groups in total. The van der Waals surface area contributed by atoms with E-state index in [1.807, 2.05) is 44.2 Å². The second-order valence-electron chi connectivity index (χ2n) is 7.71. The van der Waals surface area contributed by atoms with Crippen molar-refractivity contribution in [2.24, 2.45) is 10.8 Å². The molecule has 0 saturated heterocycles. The lowest BCUT2D eigenvalue weighted by Gasteiger charge is -2.40. The SMILES string of the molecule is CN(C)NC(=O)CC1(Cc2ccccc2)C(=O)CC(C)(C)CC1=O. The number of rotatable bonds is 5. The summed E-state index contributed by atoms with van der Waals surface area (Å²) in [5.41, 5.74) is 1.96. The third-order valence-electron chi connectivity index (χ3n) is 4.51. The number of hydrazine groups is 1. The van der Waals surface area contributed by atoms with Crippen molar-refractivity contribution in [3.8, 4) is 0 Å². The Morgan fingerprint density at radius 3 is 2.12 bits per heavy atom. The number of hydrogen-bond acceptors (Lipinski definition) is 4. The summed E-state index contributed by atoms with van der Waals surface area (Å²) in [4.78, 5) is 38.2. The number of ketones is 2. The number of hydrogen-bond donors (Lipinski definition) is 1. The Bertz CT molecular complexity index is 615. The topological polar surface area (TPSA) is 66.5 Å². The zero-order valence-corrected chi connectivity index (χ0v) is 14.9. The molecule has 5 heteroatoms. The Morgan fingerprint density at radius 1 is 1.08 bits per heavy atom. The molecule has 130 valence electrons. The van der Waals surface area contributed by atoms with E-state index >= 15 is 0 Å². The van der Waals surface area contributed by atoms with Crippen LogP contribution in [0.25, 0.3) is 0 Å². The van der Waals surface area contributed by atoms with Crippen LogP contribution in [0.4, 0.5) is 0 Å². The van der Waals surface area contributed by atoms with Gasteiger partial charge in [-0.1, -0.05) is 44.2 Å². The zero-order valence-electron chi connectivity index (χ0n) is 14.9. The van der Waals surface area contributed by atoms with Crippen molar-refractivity contribution in [3.63, 3.8) is 0 Å². The average molecular weight is 330 g/mol. The summed E-state index contributed by atoms with van der Waals surface area (Å²) in [6.45, 7) is 3.85. The highest BCUT2D eigenvalue weighted by molar-refractivity contribution is 6.12. The lowest BCUT2D eigenvalue weighted by atomic mass is 9.60. The van der Waals surface area contributed by atoms with Gasteiger partial charge in [-0.3, -0.25) is 19.8 Å². The van der Waals surface area contributed by atoms with Gasteiger partial charge in [0, 0.05) is 33.4 Å². The molecule has 0 bridgehead atoms. The highest BCUT2D eigenvalue weighted by Crippen LogP contribution is 2.44. The van der Waals surface area contributed by atoms with Crippen LogP contribution in [-0.2, 0) is 20.8 Å². The van der Waals surface area contributed by atoms with Crippen molar-refractivity contribution in [1.82, 2.24) is 10.4 Å². The molecule has 0 aliphatic heterocycles. The first-order chi connectivity index (χ1) is 11.1. The lowest BCUT2D eigenvalue weighted by Crippen LogP contribution is -2.52. The van der Waals surface area contributed by atoms with E-state index in [2.05, 4.69) is 5.43 Å². The number of carbonyl (C=O) groups excluding carboxylic acids is 3. The molecule has 24 heavy (non-hydrogen) atoms. The Balaban J connectivity index is 2.36. The summed E-state index contributed by atoms with van der Waals surface area (Å²) in [6.07, 6.45) is 0.817. The van der Waals surface area contributed by atoms with Crippen LogP contribution in [0.15, 0.2) is 30.3 Å². The van der Waals surface area contributed by atoms with E-state index in [0.717, 1.165) is 5.56 Å². The fraction of sp³-hybridized carbons (Fsp3) is 0.526. The summed E-state index contributed by atoms with van der Waals surface area (Å²) in [5, 5.41) is 1.53. The molecular formula is C19H26N2O3. The van der Waals surface area contributed by atoms with Crippen LogP contribution in [0.5, 0.6) is 0 Å². The number of carbonyl (C=O) groups is 3. The molecule has 1 aromatic carbocycles. The summed E-state index contributed by atoms with van der Waals surface area (Å²) in [5.74, 6) is -0.555. The first-order valence-corrected chi connectivity index (χ1v) is 8.22. The minimum atomic E-state index is -1.25. The van der Waals surface area contributed by atoms with Crippen LogP contribution in [0.2, 0.25) is 0 Å². The fourth-order valence-electron chi connectivity index (χ4n) is 3.39. The first kappa shape index (κ1) is 18.3. The number of benzene rings is 1. The predicted octanol–water partition coefficient (Wildman–Crippen LogP) is 2.16. The molecule has 1 aromatic rings. The van der Waals surface area contributed by atoms with Crippen molar-refractivity contribution in [2.75, 3.05) is 14.1 Å². The second-order valence-corrected chi connectivity index (χ2v) is 7.71. The molecule has 0 atom stereocenters. The minimum Gasteiger partial charge on any atom is -0.299 e. The van der Waals surface area contributed by atoms with Gasteiger partial charge in [0.05, 0.1) is 0 Å². The maximum Gasteiger partial charge on any atom is 0.235 e. The fourth-order valence-corrected chi connectivity index (χ4v) is 3.39. The number of nitrogens with zero attached hydrogens (tertiary/aromatic N) is 1. The second kappa shape index (κ2) is 6.85. The Hall–Kier alpha value is -2.01. The van der Waals surface area contributed by atoms with Gasteiger partial charge >= 0.3 is 0 Å². The third-order valence-corrected chi connectivity index (χ3v) is 4.51. The molecule has 0 unspecified atom stereocenters. The van der Waals surface area contributed by atoms with E-state index in [0.29, 0.717) is 12.8 Å².